The molecule has 0 radical (unpaired) electrons. The molecule has 0 aliphatic carbocycles. The van der Waals surface area contributed by atoms with Crippen molar-refractivity contribution in [1.29, 1.82) is 0 Å². The number of aromatic amines is 1. The average molecular weight is 265 g/mol. The lowest BCUT2D eigenvalue weighted by Gasteiger charge is -2.20. The SMILES string of the molecule is CC[P+](CC)(CC)CC.c1ccc2[nH]cnc2c1. The summed E-state index contributed by atoms with van der Waals surface area (Å²) in [6.45, 7) is 9.41. The third-order valence-electron chi connectivity index (χ3n) is 4.01. The maximum absolute atomic E-state index is 4.06. The van der Waals surface area contributed by atoms with Crippen LogP contribution in [-0.4, -0.2) is 34.6 Å². The van der Waals surface area contributed by atoms with Crippen molar-refractivity contribution in [3.63, 3.8) is 0 Å². The summed E-state index contributed by atoms with van der Waals surface area (Å²) in [5.41, 5.74) is 2.12. The van der Waals surface area contributed by atoms with E-state index in [1.54, 1.807) is 6.33 Å². The fraction of sp³-hybridized carbons (Fsp3) is 0.533. The van der Waals surface area contributed by atoms with Crippen LogP contribution in [0.2, 0.25) is 0 Å². The first-order chi connectivity index (χ1) is 8.71. The number of hydrogen-bond donors (Lipinski definition) is 1. The molecule has 0 unspecified atom stereocenters. The van der Waals surface area contributed by atoms with Gasteiger partial charge in [0.15, 0.2) is 0 Å². The van der Waals surface area contributed by atoms with Gasteiger partial charge < -0.3 is 4.98 Å². The summed E-state index contributed by atoms with van der Waals surface area (Å²) in [6, 6.07) is 7.94. The van der Waals surface area contributed by atoms with E-state index >= 15 is 0 Å². The van der Waals surface area contributed by atoms with E-state index in [4.69, 9.17) is 0 Å². The molecular weight excluding hydrogens is 239 g/mol. The van der Waals surface area contributed by atoms with Crippen LogP contribution in [0.3, 0.4) is 0 Å². The average Bonchev–Trinajstić information content (AvgIpc) is 2.91. The van der Waals surface area contributed by atoms with Crippen LogP contribution in [0, 0.1) is 0 Å². The highest BCUT2D eigenvalue weighted by Gasteiger charge is 2.27. The largest absolute Gasteiger partial charge is 0.345 e. The fourth-order valence-corrected chi connectivity index (χ4v) is 4.90. The molecule has 2 rings (SSSR count). The van der Waals surface area contributed by atoms with E-state index in [2.05, 4.69) is 37.7 Å². The quantitative estimate of drug-likeness (QED) is 0.801. The molecule has 100 valence electrons. The molecule has 0 saturated heterocycles. The van der Waals surface area contributed by atoms with Gasteiger partial charge in [-0.1, -0.05) is 12.1 Å². The molecule has 0 aliphatic rings. The van der Waals surface area contributed by atoms with Gasteiger partial charge in [0, 0.05) is 7.26 Å². The van der Waals surface area contributed by atoms with Crippen LogP contribution in [0.15, 0.2) is 30.6 Å². The molecule has 1 aromatic carbocycles. The van der Waals surface area contributed by atoms with Crippen molar-refractivity contribution in [3.8, 4) is 0 Å². The molecule has 1 heterocycles. The van der Waals surface area contributed by atoms with Gasteiger partial charge in [-0.2, -0.15) is 0 Å². The molecule has 0 bridgehead atoms. The predicted octanol–water partition coefficient (Wildman–Crippen LogP) is 4.65. The number of fused-ring (bicyclic) bond motifs is 1. The summed E-state index contributed by atoms with van der Waals surface area (Å²) < 4.78 is 0. The van der Waals surface area contributed by atoms with E-state index in [-0.39, 0.29) is 0 Å². The van der Waals surface area contributed by atoms with E-state index in [1.807, 2.05) is 24.3 Å². The van der Waals surface area contributed by atoms with E-state index in [1.165, 1.54) is 24.6 Å². The highest BCUT2D eigenvalue weighted by atomic mass is 31.2. The van der Waals surface area contributed by atoms with Gasteiger partial charge in [0.2, 0.25) is 0 Å². The van der Waals surface area contributed by atoms with Gasteiger partial charge in [-0.25, -0.2) is 4.98 Å². The smallest absolute Gasteiger partial charge is 0.0931 e. The van der Waals surface area contributed by atoms with Crippen molar-refractivity contribution in [3.05, 3.63) is 30.6 Å². The van der Waals surface area contributed by atoms with E-state index < -0.39 is 7.26 Å². The number of nitrogens with zero attached hydrogens (tertiary/aromatic N) is 1. The minimum Gasteiger partial charge on any atom is -0.345 e. The zero-order valence-corrected chi connectivity index (χ0v) is 13.0. The Morgan fingerprint density at radius 3 is 1.94 bits per heavy atom. The highest BCUT2D eigenvalue weighted by molar-refractivity contribution is 7.75. The summed E-state index contributed by atoms with van der Waals surface area (Å²) in [4.78, 5) is 7.07. The van der Waals surface area contributed by atoms with Gasteiger partial charge in [0.25, 0.3) is 0 Å². The predicted molar refractivity (Wildman–Crippen MR) is 85.2 cm³/mol. The lowest BCUT2D eigenvalue weighted by atomic mass is 10.3. The Labute approximate surface area is 112 Å². The Balaban J connectivity index is 0.000000180. The molecule has 0 atom stereocenters. The molecule has 2 aromatic rings. The van der Waals surface area contributed by atoms with Crippen LogP contribution in [0.4, 0.5) is 0 Å². The van der Waals surface area contributed by atoms with Crippen LogP contribution in [0.25, 0.3) is 11.0 Å². The number of benzene rings is 1. The Hall–Kier alpha value is -0.880. The van der Waals surface area contributed by atoms with E-state index in [9.17, 15) is 0 Å². The topological polar surface area (TPSA) is 28.7 Å². The van der Waals surface area contributed by atoms with Gasteiger partial charge in [-0.3, -0.25) is 0 Å². The molecule has 3 heteroatoms. The first-order valence-corrected chi connectivity index (χ1v) is 9.47. The van der Waals surface area contributed by atoms with Gasteiger partial charge in [0.05, 0.1) is 42.0 Å². The van der Waals surface area contributed by atoms with Crippen LogP contribution in [0.1, 0.15) is 27.7 Å². The Bertz CT molecular complexity index is 399. The Kier molecular flexibility index (Phi) is 6.35. The van der Waals surface area contributed by atoms with Crippen molar-refractivity contribution in [1.82, 2.24) is 9.97 Å². The molecule has 1 N–H and O–H groups in total. The minimum atomic E-state index is -0.420. The second-order valence-electron chi connectivity index (χ2n) is 4.53. The number of imidazole rings is 1. The Morgan fingerprint density at radius 1 is 0.944 bits per heavy atom. The lowest BCUT2D eigenvalue weighted by molar-refractivity contribution is 1.25. The van der Waals surface area contributed by atoms with Crippen molar-refractivity contribution < 1.29 is 0 Å². The van der Waals surface area contributed by atoms with Crippen LogP contribution < -0.4 is 0 Å². The third-order valence-corrected chi connectivity index (χ3v) is 9.38. The number of hydrogen-bond acceptors (Lipinski definition) is 1. The molecule has 0 amide bonds. The van der Waals surface area contributed by atoms with Gasteiger partial charge >= 0.3 is 0 Å². The molecule has 18 heavy (non-hydrogen) atoms. The second kappa shape index (κ2) is 7.53. The molecule has 0 aliphatic heterocycles. The first kappa shape index (κ1) is 15.2. The van der Waals surface area contributed by atoms with E-state index in [0.29, 0.717) is 0 Å². The number of rotatable bonds is 4. The van der Waals surface area contributed by atoms with Gasteiger partial charge in [0.1, 0.15) is 0 Å². The Morgan fingerprint density at radius 2 is 1.50 bits per heavy atom. The summed E-state index contributed by atoms with van der Waals surface area (Å²) in [6.07, 6.45) is 7.52. The summed E-state index contributed by atoms with van der Waals surface area (Å²) >= 11 is 0. The number of nitrogens with one attached hydrogen (secondary N) is 1. The molecule has 0 spiro atoms. The monoisotopic (exact) mass is 265 g/mol. The number of aromatic nitrogens is 2. The maximum atomic E-state index is 4.06. The fourth-order valence-electron chi connectivity index (χ4n) is 2.22. The normalized spacial score (nSPS) is 11.1. The van der Waals surface area contributed by atoms with Crippen molar-refractivity contribution in [2.24, 2.45) is 0 Å². The zero-order valence-electron chi connectivity index (χ0n) is 12.1. The summed E-state index contributed by atoms with van der Waals surface area (Å²) in [5.74, 6) is 0. The van der Waals surface area contributed by atoms with Crippen LogP contribution >= 0.6 is 7.26 Å². The third kappa shape index (κ3) is 3.81. The number of H-pyrrole nitrogens is 1. The van der Waals surface area contributed by atoms with E-state index in [0.717, 1.165) is 11.0 Å². The lowest BCUT2D eigenvalue weighted by Crippen LogP contribution is -2.04. The zero-order chi connectivity index (χ0) is 13.4. The number of para-hydroxylation sites is 2. The first-order valence-electron chi connectivity index (χ1n) is 6.94. The van der Waals surface area contributed by atoms with Crippen molar-refractivity contribution >= 4 is 18.3 Å². The van der Waals surface area contributed by atoms with Gasteiger partial charge in [-0.05, 0) is 39.8 Å². The maximum Gasteiger partial charge on any atom is 0.0931 e. The van der Waals surface area contributed by atoms with Crippen LogP contribution in [0.5, 0.6) is 0 Å². The van der Waals surface area contributed by atoms with Crippen molar-refractivity contribution in [2.45, 2.75) is 27.7 Å². The van der Waals surface area contributed by atoms with Crippen molar-refractivity contribution in [2.75, 3.05) is 24.6 Å². The van der Waals surface area contributed by atoms with Gasteiger partial charge in [-0.15, -0.1) is 0 Å². The molecule has 2 nitrogen and oxygen atoms in total. The summed E-state index contributed by atoms with van der Waals surface area (Å²) in [7, 11) is -0.420. The second-order valence-corrected chi connectivity index (χ2v) is 9.74. The van der Waals surface area contributed by atoms with Crippen LogP contribution in [-0.2, 0) is 0 Å². The minimum absolute atomic E-state index is 0.420. The summed E-state index contributed by atoms with van der Waals surface area (Å²) in [5, 5.41) is 0. The molecule has 1 aromatic heterocycles. The molecule has 0 saturated carbocycles. The molecule has 0 fully saturated rings. The highest BCUT2D eigenvalue weighted by Crippen LogP contribution is 2.57. The molecular formula is C15H26N2P+. The standard InChI is InChI=1S/C8H20P.C7H6N2/c1-5-9(6-2,7-3)8-4;1-2-4-7-6(3-1)8-5-9-7/h5-8H2,1-4H3;1-5H,(H,8,9)/q+1;.